The molecule has 0 radical (unpaired) electrons. The highest BCUT2D eigenvalue weighted by atomic mass is 19.1. The number of halogens is 2. The summed E-state index contributed by atoms with van der Waals surface area (Å²) in [5.74, 6) is -1.52. The van der Waals surface area contributed by atoms with Crippen molar-refractivity contribution in [3.63, 3.8) is 0 Å². The zero-order valence-electron chi connectivity index (χ0n) is 9.13. The summed E-state index contributed by atoms with van der Waals surface area (Å²) in [7, 11) is 0. The summed E-state index contributed by atoms with van der Waals surface area (Å²) < 4.78 is 27.5. The van der Waals surface area contributed by atoms with Crippen LogP contribution < -0.4 is 5.73 Å². The Hall–Kier alpha value is -1.00. The van der Waals surface area contributed by atoms with Crippen LogP contribution in [0.15, 0.2) is 12.1 Å². The Morgan fingerprint density at radius 1 is 1.44 bits per heavy atom. The molecule has 1 aliphatic rings. The Morgan fingerprint density at radius 3 is 2.56 bits per heavy atom. The molecule has 2 nitrogen and oxygen atoms in total. The predicted molar refractivity (Wildman–Crippen MR) is 56.8 cm³/mol. The van der Waals surface area contributed by atoms with E-state index in [1.54, 1.807) is 6.92 Å². The molecular weight excluding hydrogens is 212 g/mol. The minimum atomic E-state index is -1.56. The van der Waals surface area contributed by atoms with E-state index in [1.165, 1.54) is 12.1 Å². The summed E-state index contributed by atoms with van der Waals surface area (Å²) in [4.78, 5) is 0. The number of aryl methyl sites for hydroxylation is 1. The average molecular weight is 227 g/mol. The molecule has 88 valence electrons. The van der Waals surface area contributed by atoms with Crippen LogP contribution in [0.4, 0.5) is 8.78 Å². The zero-order chi connectivity index (χ0) is 11.9. The van der Waals surface area contributed by atoms with Crippen molar-refractivity contribution in [2.75, 3.05) is 6.54 Å². The zero-order valence-corrected chi connectivity index (χ0v) is 9.13. The second-order valence-electron chi connectivity index (χ2n) is 4.46. The van der Waals surface area contributed by atoms with Crippen LogP contribution >= 0.6 is 0 Å². The Labute approximate surface area is 93.1 Å². The molecule has 2 rings (SSSR count). The normalized spacial score (nSPS) is 19.6. The lowest BCUT2D eigenvalue weighted by Crippen LogP contribution is -2.39. The van der Waals surface area contributed by atoms with E-state index >= 15 is 0 Å². The molecule has 1 unspecified atom stereocenters. The van der Waals surface area contributed by atoms with Crippen LogP contribution in [0.2, 0.25) is 0 Å². The first-order chi connectivity index (χ1) is 7.50. The van der Waals surface area contributed by atoms with Crippen LogP contribution in [0.5, 0.6) is 0 Å². The van der Waals surface area contributed by atoms with Crippen molar-refractivity contribution in [3.05, 3.63) is 34.9 Å². The first-order valence-corrected chi connectivity index (χ1v) is 5.38. The standard InChI is InChI=1S/C12H15F2NO/c1-7-2-5-9(13)10(11(7)14)12(16,6-15)8-3-4-8/h2,5,8,16H,3-4,6,15H2,1H3. The molecule has 16 heavy (non-hydrogen) atoms. The molecule has 1 aliphatic carbocycles. The lowest BCUT2D eigenvalue weighted by molar-refractivity contribution is 0.0150. The van der Waals surface area contributed by atoms with Crippen molar-refractivity contribution in [2.24, 2.45) is 11.7 Å². The third-order valence-electron chi connectivity index (χ3n) is 3.28. The molecular formula is C12H15F2NO. The van der Waals surface area contributed by atoms with Crippen LogP contribution in [0.25, 0.3) is 0 Å². The van der Waals surface area contributed by atoms with Crippen molar-refractivity contribution in [1.82, 2.24) is 0 Å². The Balaban J connectivity index is 2.57. The Bertz CT molecular complexity index is 418. The van der Waals surface area contributed by atoms with E-state index in [0.29, 0.717) is 5.56 Å². The van der Waals surface area contributed by atoms with Gasteiger partial charge in [-0.05, 0) is 37.3 Å². The third-order valence-corrected chi connectivity index (χ3v) is 3.28. The number of benzene rings is 1. The summed E-state index contributed by atoms with van der Waals surface area (Å²) in [6.07, 6.45) is 1.53. The summed E-state index contributed by atoms with van der Waals surface area (Å²) in [6, 6.07) is 2.54. The molecule has 0 spiro atoms. The molecule has 0 amide bonds. The van der Waals surface area contributed by atoms with Crippen molar-refractivity contribution in [1.29, 1.82) is 0 Å². The lowest BCUT2D eigenvalue weighted by atomic mass is 9.87. The number of hydrogen-bond acceptors (Lipinski definition) is 2. The fraction of sp³-hybridized carbons (Fsp3) is 0.500. The van der Waals surface area contributed by atoms with Crippen LogP contribution in [-0.2, 0) is 5.60 Å². The monoisotopic (exact) mass is 227 g/mol. The van der Waals surface area contributed by atoms with Crippen LogP contribution in [0.1, 0.15) is 24.0 Å². The maximum Gasteiger partial charge on any atom is 0.135 e. The van der Waals surface area contributed by atoms with E-state index in [-0.39, 0.29) is 18.0 Å². The number of hydrogen-bond donors (Lipinski definition) is 2. The third kappa shape index (κ3) is 1.62. The van der Waals surface area contributed by atoms with Crippen molar-refractivity contribution in [3.8, 4) is 0 Å². The Morgan fingerprint density at radius 2 is 2.06 bits per heavy atom. The van der Waals surface area contributed by atoms with Gasteiger partial charge in [-0.2, -0.15) is 0 Å². The van der Waals surface area contributed by atoms with Gasteiger partial charge < -0.3 is 10.8 Å². The molecule has 0 saturated heterocycles. The van der Waals surface area contributed by atoms with Gasteiger partial charge in [-0.1, -0.05) is 6.07 Å². The van der Waals surface area contributed by atoms with Gasteiger partial charge in [0.1, 0.15) is 17.2 Å². The van der Waals surface area contributed by atoms with Gasteiger partial charge in [0, 0.05) is 6.54 Å². The van der Waals surface area contributed by atoms with E-state index in [4.69, 9.17) is 5.73 Å². The maximum absolute atomic E-state index is 13.9. The smallest absolute Gasteiger partial charge is 0.135 e. The molecule has 3 N–H and O–H groups in total. The second kappa shape index (κ2) is 3.79. The molecule has 1 aromatic rings. The quantitative estimate of drug-likeness (QED) is 0.827. The molecule has 0 heterocycles. The first-order valence-electron chi connectivity index (χ1n) is 5.38. The van der Waals surface area contributed by atoms with E-state index < -0.39 is 17.2 Å². The van der Waals surface area contributed by atoms with Gasteiger partial charge in [-0.25, -0.2) is 8.78 Å². The topological polar surface area (TPSA) is 46.2 Å². The van der Waals surface area contributed by atoms with Gasteiger partial charge in [-0.15, -0.1) is 0 Å². The average Bonchev–Trinajstić information content (AvgIpc) is 3.07. The number of nitrogens with two attached hydrogens (primary N) is 1. The SMILES string of the molecule is Cc1ccc(F)c(C(O)(CN)C2CC2)c1F. The highest BCUT2D eigenvalue weighted by Crippen LogP contribution is 2.46. The highest BCUT2D eigenvalue weighted by Gasteiger charge is 2.47. The van der Waals surface area contributed by atoms with E-state index in [9.17, 15) is 13.9 Å². The van der Waals surface area contributed by atoms with Gasteiger partial charge in [0.15, 0.2) is 0 Å². The highest BCUT2D eigenvalue weighted by molar-refractivity contribution is 5.33. The van der Waals surface area contributed by atoms with Crippen LogP contribution in [0.3, 0.4) is 0 Å². The number of aliphatic hydroxyl groups is 1. The largest absolute Gasteiger partial charge is 0.383 e. The van der Waals surface area contributed by atoms with Crippen LogP contribution in [-0.4, -0.2) is 11.7 Å². The van der Waals surface area contributed by atoms with E-state index in [0.717, 1.165) is 12.8 Å². The summed E-state index contributed by atoms with van der Waals surface area (Å²) in [5.41, 5.74) is 3.99. The molecule has 0 aromatic heterocycles. The van der Waals surface area contributed by atoms with Crippen molar-refractivity contribution in [2.45, 2.75) is 25.4 Å². The lowest BCUT2D eigenvalue weighted by Gasteiger charge is -2.28. The van der Waals surface area contributed by atoms with Gasteiger partial charge in [0.05, 0.1) is 5.56 Å². The van der Waals surface area contributed by atoms with Crippen LogP contribution in [0, 0.1) is 24.5 Å². The molecule has 1 aromatic carbocycles. The molecule has 1 fully saturated rings. The fourth-order valence-corrected chi connectivity index (χ4v) is 2.09. The minimum Gasteiger partial charge on any atom is -0.383 e. The fourth-order valence-electron chi connectivity index (χ4n) is 2.09. The maximum atomic E-state index is 13.9. The molecule has 1 saturated carbocycles. The number of rotatable bonds is 3. The molecule has 0 aliphatic heterocycles. The predicted octanol–water partition coefficient (Wildman–Crippen LogP) is 1.83. The Kier molecular flexibility index (Phi) is 2.72. The van der Waals surface area contributed by atoms with E-state index in [2.05, 4.69) is 0 Å². The van der Waals surface area contributed by atoms with Crippen molar-refractivity contribution < 1.29 is 13.9 Å². The van der Waals surface area contributed by atoms with Crippen molar-refractivity contribution >= 4 is 0 Å². The van der Waals surface area contributed by atoms with Gasteiger partial charge in [0.25, 0.3) is 0 Å². The second-order valence-corrected chi connectivity index (χ2v) is 4.46. The van der Waals surface area contributed by atoms with Gasteiger partial charge in [-0.3, -0.25) is 0 Å². The first kappa shape index (κ1) is 11.5. The van der Waals surface area contributed by atoms with Gasteiger partial charge >= 0.3 is 0 Å². The summed E-state index contributed by atoms with van der Waals surface area (Å²) in [5, 5.41) is 10.3. The molecule has 4 heteroatoms. The van der Waals surface area contributed by atoms with Gasteiger partial charge in [0.2, 0.25) is 0 Å². The molecule has 0 bridgehead atoms. The molecule has 1 atom stereocenters. The van der Waals surface area contributed by atoms with E-state index in [1.807, 2.05) is 0 Å². The summed E-state index contributed by atoms with van der Waals surface area (Å²) >= 11 is 0. The summed E-state index contributed by atoms with van der Waals surface area (Å²) in [6.45, 7) is 1.39. The minimum absolute atomic E-state index is 0.122.